The molecule has 0 aliphatic carbocycles. The lowest BCUT2D eigenvalue weighted by atomic mass is 10.1. The third kappa shape index (κ3) is 5.38. The van der Waals surface area contributed by atoms with Crippen molar-refractivity contribution in [1.82, 2.24) is 15.1 Å². The summed E-state index contributed by atoms with van der Waals surface area (Å²) < 4.78 is 0. The number of nitrogens with two attached hydrogens (primary N) is 2. The summed E-state index contributed by atoms with van der Waals surface area (Å²) in [7, 11) is 0. The molecular formula is C17H27N5O6S. The number of thiol groups is 1. The summed E-state index contributed by atoms with van der Waals surface area (Å²) >= 11 is 4.03. The van der Waals surface area contributed by atoms with Gasteiger partial charge in [0, 0.05) is 18.8 Å². The van der Waals surface area contributed by atoms with Gasteiger partial charge in [-0.15, -0.1) is 0 Å². The number of primary amides is 1. The van der Waals surface area contributed by atoms with Gasteiger partial charge in [0.05, 0.1) is 12.5 Å². The van der Waals surface area contributed by atoms with E-state index in [1.165, 1.54) is 9.80 Å². The van der Waals surface area contributed by atoms with Crippen LogP contribution in [0.15, 0.2) is 0 Å². The van der Waals surface area contributed by atoms with E-state index in [0.29, 0.717) is 38.8 Å². The Morgan fingerprint density at radius 2 is 1.66 bits per heavy atom. The van der Waals surface area contributed by atoms with Crippen LogP contribution in [0.5, 0.6) is 0 Å². The molecule has 0 bridgehead atoms. The van der Waals surface area contributed by atoms with Gasteiger partial charge < -0.3 is 31.7 Å². The molecule has 2 heterocycles. The Hall–Kier alpha value is -2.34. The van der Waals surface area contributed by atoms with E-state index in [9.17, 15) is 24.0 Å². The first-order valence-corrected chi connectivity index (χ1v) is 10.1. The molecular weight excluding hydrogens is 402 g/mol. The summed E-state index contributed by atoms with van der Waals surface area (Å²) in [5.41, 5.74) is 10.8. The summed E-state index contributed by atoms with van der Waals surface area (Å²) in [6.45, 7) is 0.725. The Morgan fingerprint density at radius 1 is 1.07 bits per heavy atom. The zero-order chi connectivity index (χ0) is 21.7. The molecule has 4 atom stereocenters. The number of carboxylic acids is 1. The van der Waals surface area contributed by atoms with E-state index < -0.39 is 48.4 Å². The predicted octanol–water partition coefficient (Wildman–Crippen LogP) is -2.33. The highest BCUT2D eigenvalue weighted by atomic mass is 32.1. The molecule has 2 aliphatic rings. The van der Waals surface area contributed by atoms with Crippen LogP contribution in [0.4, 0.5) is 0 Å². The molecule has 0 aromatic heterocycles. The summed E-state index contributed by atoms with van der Waals surface area (Å²) in [6.07, 6.45) is 1.49. The first-order valence-electron chi connectivity index (χ1n) is 9.46. The van der Waals surface area contributed by atoms with Gasteiger partial charge in [-0.1, -0.05) is 0 Å². The fraction of sp³-hybridized carbons (Fsp3) is 0.706. The van der Waals surface area contributed by atoms with Crippen LogP contribution in [0.1, 0.15) is 32.1 Å². The zero-order valence-corrected chi connectivity index (χ0v) is 16.8. The van der Waals surface area contributed by atoms with Crippen LogP contribution in [0.2, 0.25) is 0 Å². The highest BCUT2D eigenvalue weighted by Gasteiger charge is 2.43. The van der Waals surface area contributed by atoms with Gasteiger partial charge in [-0.05, 0) is 25.7 Å². The number of likely N-dealkylation sites (tertiary alicyclic amines) is 2. The average molecular weight is 429 g/mol. The molecule has 2 saturated heterocycles. The van der Waals surface area contributed by atoms with Crippen LogP contribution in [0.25, 0.3) is 0 Å². The quantitative estimate of drug-likeness (QED) is 0.269. The van der Waals surface area contributed by atoms with Crippen molar-refractivity contribution in [2.75, 3.05) is 18.8 Å². The molecule has 0 aromatic rings. The molecule has 2 aliphatic heterocycles. The normalized spacial score (nSPS) is 23.5. The Labute approximate surface area is 173 Å². The average Bonchev–Trinajstić information content (AvgIpc) is 3.34. The van der Waals surface area contributed by atoms with E-state index >= 15 is 0 Å². The number of carbonyl (C=O) groups is 5. The lowest BCUT2D eigenvalue weighted by Crippen LogP contribution is -2.56. The molecule has 12 heteroatoms. The van der Waals surface area contributed by atoms with Crippen molar-refractivity contribution in [3.63, 3.8) is 0 Å². The SMILES string of the molecule is NC(=O)CC(NC(=O)C1CCCN1C(=O)C1CCCN1C(=O)C(N)CS)C(=O)O. The first kappa shape index (κ1) is 22.9. The Morgan fingerprint density at radius 3 is 2.21 bits per heavy atom. The molecule has 6 N–H and O–H groups in total. The molecule has 162 valence electrons. The van der Waals surface area contributed by atoms with Gasteiger partial charge in [0.25, 0.3) is 0 Å². The van der Waals surface area contributed by atoms with Gasteiger partial charge in [-0.3, -0.25) is 19.2 Å². The molecule has 0 radical (unpaired) electrons. The maximum atomic E-state index is 13.1. The summed E-state index contributed by atoms with van der Waals surface area (Å²) in [5, 5.41) is 11.5. The third-order valence-electron chi connectivity index (χ3n) is 5.19. The predicted molar refractivity (Wildman–Crippen MR) is 105 cm³/mol. The lowest BCUT2D eigenvalue weighted by Gasteiger charge is -2.32. The molecule has 2 fully saturated rings. The van der Waals surface area contributed by atoms with Gasteiger partial charge in [-0.2, -0.15) is 12.6 Å². The highest BCUT2D eigenvalue weighted by Crippen LogP contribution is 2.25. The minimum absolute atomic E-state index is 0.154. The van der Waals surface area contributed by atoms with Crippen LogP contribution >= 0.6 is 12.6 Å². The fourth-order valence-corrected chi connectivity index (χ4v) is 3.90. The van der Waals surface area contributed by atoms with Crippen molar-refractivity contribution in [1.29, 1.82) is 0 Å². The van der Waals surface area contributed by atoms with Crippen molar-refractivity contribution >= 4 is 42.2 Å². The van der Waals surface area contributed by atoms with Gasteiger partial charge >= 0.3 is 5.97 Å². The fourth-order valence-electron chi connectivity index (χ4n) is 3.74. The Bertz CT molecular complexity index is 689. The van der Waals surface area contributed by atoms with Crippen molar-refractivity contribution in [2.45, 2.75) is 56.3 Å². The second-order valence-corrected chi connectivity index (χ2v) is 7.60. The van der Waals surface area contributed by atoms with Crippen LogP contribution in [0, 0.1) is 0 Å². The second-order valence-electron chi connectivity index (χ2n) is 7.24. The van der Waals surface area contributed by atoms with Gasteiger partial charge in [0.2, 0.25) is 23.6 Å². The Kier molecular flexibility index (Phi) is 7.85. The van der Waals surface area contributed by atoms with Gasteiger partial charge in [-0.25, -0.2) is 4.79 Å². The zero-order valence-electron chi connectivity index (χ0n) is 16.0. The number of carbonyl (C=O) groups excluding carboxylic acids is 4. The van der Waals surface area contributed by atoms with Crippen LogP contribution in [-0.2, 0) is 24.0 Å². The molecule has 29 heavy (non-hydrogen) atoms. The monoisotopic (exact) mass is 429 g/mol. The summed E-state index contributed by atoms with van der Waals surface area (Å²) in [5.74, 6) is -3.47. The third-order valence-corrected chi connectivity index (χ3v) is 5.59. The number of carboxylic acid groups (broad SMARTS) is 1. The molecule has 4 amide bonds. The van der Waals surface area contributed by atoms with Crippen LogP contribution in [-0.4, -0.2) is 87.5 Å². The smallest absolute Gasteiger partial charge is 0.326 e. The maximum absolute atomic E-state index is 13.1. The minimum atomic E-state index is -1.46. The summed E-state index contributed by atoms with van der Waals surface area (Å²) in [4.78, 5) is 63.2. The topological polar surface area (TPSA) is 176 Å². The molecule has 2 rings (SSSR count). The number of rotatable bonds is 8. The minimum Gasteiger partial charge on any atom is -0.480 e. The Balaban J connectivity index is 2.09. The van der Waals surface area contributed by atoms with E-state index in [0.717, 1.165) is 0 Å². The summed E-state index contributed by atoms with van der Waals surface area (Å²) in [6, 6.07) is -3.85. The van der Waals surface area contributed by atoms with E-state index in [1.807, 2.05) is 0 Å². The molecule has 0 saturated carbocycles. The number of hydrogen-bond acceptors (Lipinski definition) is 7. The number of aliphatic carboxylic acids is 1. The van der Waals surface area contributed by atoms with E-state index in [4.69, 9.17) is 16.6 Å². The number of nitrogens with zero attached hydrogens (tertiary/aromatic N) is 2. The molecule has 11 nitrogen and oxygen atoms in total. The van der Waals surface area contributed by atoms with Crippen molar-refractivity contribution in [2.24, 2.45) is 11.5 Å². The number of nitrogens with one attached hydrogen (secondary N) is 1. The van der Waals surface area contributed by atoms with E-state index in [-0.39, 0.29) is 17.6 Å². The molecule has 4 unspecified atom stereocenters. The maximum Gasteiger partial charge on any atom is 0.326 e. The molecule has 0 aromatic carbocycles. The van der Waals surface area contributed by atoms with E-state index in [1.54, 1.807) is 0 Å². The number of hydrogen-bond donors (Lipinski definition) is 5. The van der Waals surface area contributed by atoms with Crippen LogP contribution in [0.3, 0.4) is 0 Å². The largest absolute Gasteiger partial charge is 0.480 e. The second kappa shape index (κ2) is 9.92. The van der Waals surface area contributed by atoms with Crippen molar-refractivity contribution in [3.8, 4) is 0 Å². The lowest BCUT2D eigenvalue weighted by molar-refractivity contribution is -0.148. The van der Waals surface area contributed by atoms with Crippen LogP contribution < -0.4 is 16.8 Å². The standard InChI is InChI=1S/C17H27N5O6S/c18-9(8-29)15(25)22-6-2-4-12(22)16(26)21-5-1-3-11(21)14(24)20-10(17(27)28)7-13(19)23/h9-12,29H,1-8,18H2,(H2,19,23)(H,20,24)(H,27,28). The number of amides is 4. The van der Waals surface area contributed by atoms with Crippen molar-refractivity contribution < 1.29 is 29.1 Å². The first-order chi connectivity index (χ1) is 13.7. The van der Waals surface area contributed by atoms with Gasteiger partial charge in [0.1, 0.15) is 18.1 Å². The van der Waals surface area contributed by atoms with Gasteiger partial charge in [0.15, 0.2) is 0 Å². The highest BCUT2D eigenvalue weighted by molar-refractivity contribution is 7.80. The van der Waals surface area contributed by atoms with Crippen molar-refractivity contribution in [3.05, 3.63) is 0 Å². The molecule has 0 spiro atoms. The van der Waals surface area contributed by atoms with E-state index in [2.05, 4.69) is 17.9 Å².